The molecule has 2 unspecified atom stereocenters. The van der Waals surface area contributed by atoms with Crippen molar-refractivity contribution >= 4 is 11.8 Å². The maximum Gasteiger partial charge on any atom is 0.123 e. The van der Waals surface area contributed by atoms with E-state index in [9.17, 15) is 4.39 Å². The van der Waals surface area contributed by atoms with Crippen LogP contribution in [-0.4, -0.2) is 17.5 Å². The lowest BCUT2D eigenvalue weighted by Gasteiger charge is -2.24. The third-order valence-corrected chi connectivity index (χ3v) is 4.43. The van der Waals surface area contributed by atoms with E-state index in [1.54, 1.807) is 12.1 Å². The Morgan fingerprint density at radius 3 is 3.06 bits per heavy atom. The number of halogens is 1. The zero-order valence-corrected chi connectivity index (χ0v) is 10.4. The van der Waals surface area contributed by atoms with Gasteiger partial charge in [-0.1, -0.05) is 19.1 Å². The van der Waals surface area contributed by atoms with Gasteiger partial charge in [0.1, 0.15) is 5.82 Å². The zero-order chi connectivity index (χ0) is 11.4. The first-order chi connectivity index (χ1) is 7.81. The van der Waals surface area contributed by atoms with E-state index in [-0.39, 0.29) is 5.82 Å². The highest BCUT2D eigenvalue weighted by molar-refractivity contribution is 8.00. The molecule has 1 aromatic carbocycles. The lowest BCUT2D eigenvalue weighted by Crippen LogP contribution is -2.28. The van der Waals surface area contributed by atoms with Crippen molar-refractivity contribution in [2.45, 2.75) is 31.1 Å². The summed E-state index contributed by atoms with van der Waals surface area (Å²) in [5, 5.41) is 4.08. The van der Waals surface area contributed by atoms with Crippen molar-refractivity contribution in [2.75, 3.05) is 12.3 Å². The molecule has 2 rings (SSSR count). The molecule has 16 heavy (non-hydrogen) atoms. The standard InChI is InChI=1S/C13H18FNS/c1-2-15-13(12-7-4-8-16-12)10-5-3-6-11(14)9-10/h3,5-6,9,12-13,15H,2,4,7-8H2,1H3. The van der Waals surface area contributed by atoms with Crippen LogP contribution in [0.3, 0.4) is 0 Å². The second kappa shape index (κ2) is 5.69. The van der Waals surface area contributed by atoms with Gasteiger partial charge in [-0.05, 0) is 42.8 Å². The molecule has 0 aromatic heterocycles. The fourth-order valence-electron chi connectivity index (χ4n) is 2.25. The van der Waals surface area contributed by atoms with Gasteiger partial charge in [0.05, 0.1) is 0 Å². The van der Waals surface area contributed by atoms with Crippen LogP contribution in [-0.2, 0) is 0 Å². The summed E-state index contributed by atoms with van der Waals surface area (Å²) < 4.78 is 13.2. The van der Waals surface area contributed by atoms with Crippen LogP contribution >= 0.6 is 11.8 Å². The van der Waals surface area contributed by atoms with Crippen LogP contribution in [0.15, 0.2) is 24.3 Å². The number of hydrogen-bond donors (Lipinski definition) is 1. The van der Waals surface area contributed by atoms with Crippen molar-refractivity contribution in [3.05, 3.63) is 35.6 Å². The summed E-state index contributed by atoms with van der Waals surface area (Å²) in [4.78, 5) is 0. The number of hydrogen-bond acceptors (Lipinski definition) is 2. The minimum Gasteiger partial charge on any atom is -0.309 e. The molecule has 1 heterocycles. The van der Waals surface area contributed by atoms with Gasteiger partial charge in [0.25, 0.3) is 0 Å². The first-order valence-corrected chi connectivity index (χ1v) is 6.96. The number of rotatable bonds is 4. The summed E-state index contributed by atoms with van der Waals surface area (Å²) in [6.07, 6.45) is 2.52. The molecular formula is C13H18FNS. The molecular weight excluding hydrogens is 221 g/mol. The number of thioether (sulfide) groups is 1. The smallest absolute Gasteiger partial charge is 0.123 e. The molecule has 1 aliphatic heterocycles. The van der Waals surface area contributed by atoms with E-state index in [2.05, 4.69) is 12.2 Å². The van der Waals surface area contributed by atoms with E-state index in [1.165, 1.54) is 24.7 Å². The van der Waals surface area contributed by atoms with Crippen LogP contribution in [0.1, 0.15) is 31.4 Å². The van der Waals surface area contributed by atoms with Gasteiger partial charge in [-0.25, -0.2) is 4.39 Å². The van der Waals surface area contributed by atoms with E-state index in [1.807, 2.05) is 17.8 Å². The summed E-state index contributed by atoms with van der Waals surface area (Å²) in [6, 6.07) is 7.29. The molecule has 88 valence electrons. The Bertz CT molecular complexity index is 336. The molecule has 3 heteroatoms. The van der Waals surface area contributed by atoms with Crippen molar-refractivity contribution < 1.29 is 4.39 Å². The zero-order valence-electron chi connectivity index (χ0n) is 9.58. The third kappa shape index (κ3) is 2.77. The summed E-state index contributed by atoms with van der Waals surface area (Å²) in [5.41, 5.74) is 1.08. The fourth-order valence-corrected chi connectivity index (χ4v) is 3.66. The van der Waals surface area contributed by atoms with Gasteiger partial charge in [0.15, 0.2) is 0 Å². The highest BCUT2D eigenvalue weighted by Gasteiger charge is 2.26. The van der Waals surface area contributed by atoms with Gasteiger partial charge in [-0.3, -0.25) is 0 Å². The van der Waals surface area contributed by atoms with Crippen LogP contribution < -0.4 is 5.32 Å². The Balaban J connectivity index is 2.17. The molecule has 1 aromatic rings. The topological polar surface area (TPSA) is 12.0 Å². The normalized spacial score (nSPS) is 22.2. The molecule has 0 aliphatic carbocycles. The van der Waals surface area contributed by atoms with Gasteiger partial charge in [0.2, 0.25) is 0 Å². The Morgan fingerprint density at radius 2 is 2.44 bits per heavy atom. The van der Waals surface area contributed by atoms with Gasteiger partial charge < -0.3 is 5.32 Å². The Kier molecular flexibility index (Phi) is 4.24. The number of nitrogens with one attached hydrogen (secondary N) is 1. The van der Waals surface area contributed by atoms with Crippen LogP contribution in [0.5, 0.6) is 0 Å². The predicted octanol–water partition coefficient (Wildman–Crippen LogP) is 3.37. The lowest BCUT2D eigenvalue weighted by atomic mass is 10.0. The number of benzene rings is 1. The van der Waals surface area contributed by atoms with Crippen molar-refractivity contribution in [3.8, 4) is 0 Å². The summed E-state index contributed by atoms with van der Waals surface area (Å²) in [7, 11) is 0. The molecule has 1 fully saturated rings. The minimum absolute atomic E-state index is 0.136. The molecule has 0 radical (unpaired) electrons. The van der Waals surface area contributed by atoms with Crippen molar-refractivity contribution in [1.82, 2.24) is 5.32 Å². The van der Waals surface area contributed by atoms with Crippen LogP contribution in [0, 0.1) is 5.82 Å². The fraction of sp³-hybridized carbons (Fsp3) is 0.538. The van der Waals surface area contributed by atoms with Gasteiger partial charge >= 0.3 is 0 Å². The Hall–Kier alpha value is -0.540. The first-order valence-electron chi connectivity index (χ1n) is 5.91. The Labute approximate surface area is 101 Å². The largest absolute Gasteiger partial charge is 0.309 e. The van der Waals surface area contributed by atoms with Gasteiger partial charge in [-0.2, -0.15) is 11.8 Å². The molecule has 0 amide bonds. The molecule has 1 nitrogen and oxygen atoms in total. The highest BCUT2D eigenvalue weighted by atomic mass is 32.2. The molecule has 1 aliphatic rings. The summed E-state index contributed by atoms with van der Waals surface area (Å²) in [5.74, 6) is 1.10. The predicted molar refractivity (Wildman–Crippen MR) is 68.3 cm³/mol. The van der Waals surface area contributed by atoms with Crippen LogP contribution in [0.2, 0.25) is 0 Å². The summed E-state index contributed by atoms with van der Waals surface area (Å²) >= 11 is 2.01. The van der Waals surface area contributed by atoms with Gasteiger partial charge in [-0.15, -0.1) is 0 Å². The van der Waals surface area contributed by atoms with Crippen LogP contribution in [0.25, 0.3) is 0 Å². The lowest BCUT2D eigenvalue weighted by molar-refractivity contribution is 0.515. The van der Waals surface area contributed by atoms with Crippen molar-refractivity contribution in [1.29, 1.82) is 0 Å². The maximum atomic E-state index is 13.2. The van der Waals surface area contributed by atoms with E-state index >= 15 is 0 Å². The molecule has 2 atom stereocenters. The molecule has 0 bridgehead atoms. The van der Waals surface area contributed by atoms with E-state index in [0.29, 0.717) is 11.3 Å². The van der Waals surface area contributed by atoms with E-state index in [4.69, 9.17) is 0 Å². The quantitative estimate of drug-likeness (QED) is 0.864. The molecule has 0 spiro atoms. The van der Waals surface area contributed by atoms with Crippen molar-refractivity contribution in [3.63, 3.8) is 0 Å². The second-order valence-electron chi connectivity index (χ2n) is 4.14. The summed E-state index contributed by atoms with van der Waals surface area (Å²) in [6.45, 7) is 3.03. The SMILES string of the molecule is CCNC(c1cccc(F)c1)C1CCCS1. The average Bonchev–Trinajstić information content (AvgIpc) is 2.79. The Morgan fingerprint density at radius 1 is 1.56 bits per heavy atom. The van der Waals surface area contributed by atoms with Gasteiger partial charge in [0, 0.05) is 11.3 Å². The maximum absolute atomic E-state index is 13.2. The van der Waals surface area contributed by atoms with Crippen LogP contribution in [0.4, 0.5) is 4.39 Å². The molecule has 0 saturated carbocycles. The highest BCUT2D eigenvalue weighted by Crippen LogP contribution is 2.36. The van der Waals surface area contributed by atoms with E-state index in [0.717, 1.165) is 12.1 Å². The second-order valence-corrected chi connectivity index (χ2v) is 5.49. The van der Waals surface area contributed by atoms with E-state index < -0.39 is 0 Å². The average molecular weight is 239 g/mol. The molecule has 1 N–H and O–H groups in total. The van der Waals surface area contributed by atoms with Crippen molar-refractivity contribution in [2.24, 2.45) is 0 Å². The third-order valence-electron chi connectivity index (χ3n) is 2.97. The monoisotopic (exact) mass is 239 g/mol. The minimum atomic E-state index is -0.136. The molecule has 1 saturated heterocycles. The first kappa shape index (κ1) is 11.9.